The molecule has 3 aromatic rings. The summed E-state index contributed by atoms with van der Waals surface area (Å²) < 4.78 is 16.7. The minimum Gasteiger partial charge on any atom is -0.504 e. The Morgan fingerprint density at radius 2 is 2.03 bits per heavy atom. The van der Waals surface area contributed by atoms with E-state index in [9.17, 15) is 9.90 Å². The highest BCUT2D eigenvalue weighted by atomic mass is 16.5. The zero-order valence-corrected chi connectivity index (χ0v) is 17.9. The summed E-state index contributed by atoms with van der Waals surface area (Å²) in [7, 11) is 0. The number of carbonyl (C=O) groups excluding carboxylic acids is 1. The summed E-state index contributed by atoms with van der Waals surface area (Å²) in [6.45, 7) is 4.46. The van der Waals surface area contributed by atoms with E-state index in [0.29, 0.717) is 37.7 Å². The minimum absolute atomic E-state index is 0.0863. The van der Waals surface area contributed by atoms with Crippen LogP contribution in [0.4, 0.5) is 0 Å². The van der Waals surface area contributed by atoms with Gasteiger partial charge < -0.3 is 19.0 Å². The van der Waals surface area contributed by atoms with Gasteiger partial charge in [0.25, 0.3) is 0 Å². The van der Waals surface area contributed by atoms with Gasteiger partial charge in [-0.3, -0.25) is 4.79 Å². The molecule has 1 unspecified atom stereocenters. The van der Waals surface area contributed by atoms with Gasteiger partial charge in [-0.25, -0.2) is 4.98 Å². The van der Waals surface area contributed by atoms with Crippen LogP contribution < -0.4 is 4.74 Å². The monoisotopic (exact) mass is 421 g/mol. The number of phenols is 1. The number of phenolic OH excluding ortho intramolecular Hbond substituents is 1. The summed E-state index contributed by atoms with van der Waals surface area (Å²) in [5, 5.41) is 10.7. The van der Waals surface area contributed by atoms with Crippen molar-refractivity contribution >= 4 is 5.97 Å². The maximum Gasteiger partial charge on any atom is 0.306 e. The van der Waals surface area contributed by atoms with Crippen molar-refractivity contribution < 1.29 is 23.8 Å². The summed E-state index contributed by atoms with van der Waals surface area (Å²) in [5.74, 6) is 1.88. The molecule has 162 valence electrons. The van der Waals surface area contributed by atoms with Crippen LogP contribution in [0.1, 0.15) is 48.3 Å². The largest absolute Gasteiger partial charge is 0.504 e. The molecule has 1 aromatic heterocycles. The Kier molecular flexibility index (Phi) is 6.26. The van der Waals surface area contributed by atoms with E-state index < -0.39 is 0 Å². The third-order valence-corrected chi connectivity index (χ3v) is 5.69. The molecule has 1 N–H and O–H groups in total. The highest BCUT2D eigenvalue weighted by Gasteiger charge is 2.28. The first-order valence-electron chi connectivity index (χ1n) is 10.7. The van der Waals surface area contributed by atoms with Crippen LogP contribution in [-0.4, -0.2) is 29.3 Å². The second-order valence-corrected chi connectivity index (χ2v) is 7.71. The van der Waals surface area contributed by atoms with Crippen LogP contribution in [0.2, 0.25) is 0 Å². The van der Waals surface area contributed by atoms with Crippen LogP contribution >= 0.6 is 0 Å². The Morgan fingerprint density at radius 1 is 1.23 bits per heavy atom. The standard InChI is InChI=1S/C25H27NO5/c1-3-29-23(27)15-18-9-10-20-19(18)11-12-22(24(20)28)30-14-13-21-16(2)31-25(26-21)17-7-5-4-6-8-17/h4-8,11-12,18,28H,3,9-10,13-15H2,1-2H3. The van der Waals surface area contributed by atoms with E-state index in [4.69, 9.17) is 13.9 Å². The van der Waals surface area contributed by atoms with Crippen molar-refractivity contribution in [3.63, 3.8) is 0 Å². The fraction of sp³-hybridized carbons (Fsp3) is 0.360. The Labute approximate surface area is 181 Å². The number of rotatable bonds is 8. The van der Waals surface area contributed by atoms with Gasteiger partial charge in [0.15, 0.2) is 11.5 Å². The van der Waals surface area contributed by atoms with Crippen molar-refractivity contribution in [1.29, 1.82) is 0 Å². The van der Waals surface area contributed by atoms with Crippen LogP contribution in [0, 0.1) is 6.92 Å². The Balaban J connectivity index is 1.39. The molecule has 1 aliphatic carbocycles. The first kappa shape index (κ1) is 21.0. The van der Waals surface area contributed by atoms with E-state index in [0.717, 1.165) is 41.0 Å². The van der Waals surface area contributed by atoms with Gasteiger partial charge in [-0.15, -0.1) is 0 Å². The summed E-state index contributed by atoms with van der Waals surface area (Å²) in [6.07, 6.45) is 2.47. The lowest BCUT2D eigenvalue weighted by atomic mass is 9.97. The van der Waals surface area contributed by atoms with Gasteiger partial charge in [0, 0.05) is 17.5 Å². The molecule has 31 heavy (non-hydrogen) atoms. The number of ether oxygens (including phenoxy) is 2. The molecule has 0 radical (unpaired) electrons. The molecule has 0 saturated carbocycles. The molecule has 4 rings (SSSR count). The lowest BCUT2D eigenvalue weighted by Crippen LogP contribution is -2.08. The molecule has 0 spiro atoms. The smallest absolute Gasteiger partial charge is 0.306 e. The van der Waals surface area contributed by atoms with Gasteiger partial charge in [0.05, 0.1) is 25.3 Å². The summed E-state index contributed by atoms with van der Waals surface area (Å²) >= 11 is 0. The molecule has 0 aliphatic heterocycles. The van der Waals surface area contributed by atoms with Crippen LogP contribution in [0.3, 0.4) is 0 Å². The van der Waals surface area contributed by atoms with Gasteiger partial charge in [0.2, 0.25) is 5.89 Å². The molecule has 0 bridgehead atoms. The van der Waals surface area contributed by atoms with E-state index in [1.54, 1.807) is 13.0 Å². The quantitative estimate of drug-likeness (QED) is 0.518. The molecule has 1 atom stereocenters. The van der Waals surface area contributed by atoms with Gasteiger partial charge in [-0.1, -0.05) is 24.3 Å². The number of oxazole rings is 1. The van der Waals surface area contributed by atoms with Crippen LogP contribution in [0.5, 0.6) is 11.5 Å². The van der Waals surface area contributed by atoms with Gasteiger partial charge in [-0.05, 0) is 56.4 Å². The fourth-order valence-electron chi connectivity index (χ4n) is 4.12. The van der Waals surface area contributed by atoms with Crippen molar-refractivity contribution in [2.45, 2.75) is 45.4 Å². The number of hydrogen-bond donors (Lipinski definition) is 1. The number of esters is 1. The molecule has 1 heterocycles. The molecule has 2 aromatic carbocycles. The van der Waals surface area contributed by atoms with Crippen molar-refractivity contribution in [1.82, 2.24) is 4.98 Å². The van der Waals surface area contributed by atoms with E-state index in [-0.39, 0.29) is 17.6 Å². The molecule has 6 heteroatoms. The van der Waals surface area contributed by atoms with Crippen molar-refractivity contribution in [3.05, 3.63) is 65.0 Å². The molecular formula is C25H27NO5. The van der Waals surface area contributed by atoms with Crippen LogP contribution in [-0.2, 0) is 22.4 Å². The average molecular weight is 421 g/mol. The molecule has 0 amide bonds. The maximum atomic E-state index is 11.8. The topological polar surface area (TPSA) is 81.8 Å². The average Bonchev–Trinajstić information content (AvgIpc) is 3.34. The predicted molar refractivity (Wildman–Crippen MR) is 116 cm³/mol. The fourth-order valence-corrected chi connectivity index (χ4v) is 4.12. The summed E-state index contributed by atoms with van der Waals surface area (Å²) in [5.41, 5.74) is 3.66. The van der Waals surface area contributed by atoms with Crippen molar-refractivity contribution in [3.8, 4) is 23.0 Å². The number of aryl methyl sites for hydroxylation is 1. The second kappa shape index (κ2) is 9.25. The molecule has 1 aliphatic rings. The summed E-state index contributed by atoms with van der Waals surface area (Å²) in [4.78, 5) is 16.4. The number of nitrogens with zero attached hydrogens (tertiary/aromatic N) is 1. The Bertz CT molecular complexity index is 1060. The predicted octanol–water partition coefficient (Wildman–Crippen LogP) is 4.96. The highest BCUT2D eigenvalue weighted by Crippen LogP contribution is 2.44. The Hall–Kier alpha value is -3.28. The normalized spacial score (nSPS) is 15.0. The second-order valence-electron chi connectivity index (χ2n) is 7.71. The number of hydrogen-bond acceptors (Lipinski definition) is 6. The number of aromatic hydroxyl groups is 1. The highest BCUT2D eigenvalue weighted by molar-refractivity contribution is 5.71. The number of fused-ring (bicyclic) bond motifs is 1. The van der Waals surface area contributed by atoms with E-state index >= 15 is 0 Å². The van der Waals surface area contributed by atoms with E-state index in [2.05, 4.69) is 4.98 Å². The zero-order chi connectivity index (χ0) is 21.8. The minimum atomic E-state index is -0.196. The van der Waals surface area contributed by atoms with Gasteiger partial charge in [-0.2, -0.15) is 0 Å². The first-order valence-corrected chi connectivity index (χ1v) is 10.7. The van der Waals surface area contributed by atoms with E-state index in [1.165, 1.54) is 0 Å². The van der Waals surface area contributed by atoms with Gasteiger partial charge in [0.1, 0.15) is 5.76 Å². The lowest BCUT2D eigenvalue weighted by molar-refractivity contribution is -0.143. The molecule has 6 nitrogen and oxygen atoms in total. The number of aromatic nitrogens is 1. The van der Waals surface area contributed by atoms with Crippen molar-refractivity contribution in [2.75, 3.05) is 13.2 Å². The van der Waals surface area contributed by atoms with Crippen LogP contribution in [0.15, 0.2) is 46.9 Å². The van der Waals surface area contributed by atoms with E-state index in [1.807, 2.05) is 43.3 Å². The maximum absolute atomic E-state index is 11.8. The molecule has 0 saturated heterocycles. The lowest BCUT2D eigenvalue weighted by Gasteiger charge is -2.14. The van der Waals surface area contributed by atoms with Crippen LogP contribution in [0.25, 0.3) is 11.5 Å². The zero-order valence-electron chi connectivity index (χ0n) is 17.9. The van der Waals surface area contributed by atoms with Crippen molar-refractivity contribution in [2.24, 2.45) is 0 Å². The molecular weight excluding hydrogens is 394 g/mol. The Morgan fingerprint density at radius 3 is 2.81 bits per heavy atom. The molecule has 0 fully saturated rings. The SMILES string of the molecule is CCOC(=O)CC1CCc2c1ccc(OCCc1nc(-c3ccccc3)oc1C)c2O. The third-order valence-electron chi connectivity index (χ3n) is 5.69. The number of benzene rings is 2. The number of carbonyl (C=O) groups is 1. The van der Waals surface area contributed by atoms with Gasteiger partial charge >= 0.3 is 5.97 Å². The third kappa shape index (κ3) is 4.58. The first-order chi connectivity index (χ1) is 15.1. The summed E-state index contributed by atoms with van der Waals surface area (Å²) in [6, 6.07) is 13.5.